The molecule has 3 rings (SSSR count). The Morgan fingerprint density at radius 3 is 2.62 bits per heavy atom. The Morgan fingerprint density at radius 2 is 1.88 bits per heavy atom. The molecule has 0 saturated carbocycles. The molecule has 2 heterocycles. The second-order valence-electron chi connectivity index (χ2n) is 6.71. The third-order valence-electron chi connectivity index (χ3n) is 4.72. The molecule has 1 saturated heterocycles. The third-order valence-corrected chi connectivity index (χ3v) is 4.72. The van der Waals surface area contributed by atoms with E-state index in [0.29, 0.717) is 17.0 Å². The van der Waals surface area contributed by atoms with E-state index >= 15 is 0 Å². The van der Waals surface area contributed by atoms with Gasteiger partial charge < -0.3 is 10.2 Å². The Bertz CT molecular complexity index is 801. The summed E-state index contributed by atoms with van der Waals surface area (Å²) < 4.78 is 13.6. The highest BCUT2D eigenvalue weighted by molar-refractivity contribution is 5.99. The summed E-state index contributed by atoms with van der Waals surface area (Å²) in [6, 6.07) is 7.82. The van der Waals surface area contributed by atoms with Crippen molar-refractivity contribution in [3.63, 3.8) is 0 Å². The van der Waals surface area contributed by atoms with Crippen molar-refractivity contribution in [3.8, 4) is 0 Å². The lowest BCUT2D eigenvalue weighted by Gasteiger charge is -2.30. The summed E-state index contributed by atoms with van der Waals surface area (Å²) >= 11 is 0. The molecule has 1 aromatic heterocycles. The number of halogens is 1. The molecule has 1 aliphatic rings. The number of carbonyl (C=O) groups is 2. The number of nitrogens with zero attached hydrogens (tertiary/aromatic N) is 2. The smallest absolute Gasteiger partial charge is 0.255 e. The minimum Gasteiger partial charge on any atom is -0.348 e. The first-order valence-corrected chi connectivity index (χ1v) is 8.80. The molecule has 0 atom stereocenters. The second kappa shape index (κ2) is 8.08. The monoisotopic (exact) mass is 355 g/mol. The fraction of sp³-hybridized carbons (Fsp3) is 0.350. The van der Waals surface area contributed by atoms with Gasteiger partial charge in [0.2, 0.25) is 0 Å². The number of aromatic nitrogens is 1. The van der Waals surface area contributed by atoms with Gasteiger partial charge in [-0.1, -0.05) is 25.1 Å². The fourth-order valence-electron chi connectivity index (χ4n) is 2.99. The van der Waals surface area contributed by atoms with Crippen molar-refractivity contribution in [1.82, 2.24) is 15.2 Å². The zero-order valence-corrected chi connectivity index (χ0v) is 14.7. The van der Waals surface area contributed by atoms with Gasteiger partial charge in [0.05, 0.1) is 11.1 Å². The highest BCUT2D eigenvalue weighted by Gasteiger charge is 2.22. The van der Waals surface area contributed by atoms with E-state index in [9.17, 15) is 14.0 Å². The molecule has 1 aromatic carbocycles. The van der Waals surface area contributed by atoms with Crippen LogP contribution in [0, 0.1) is 11.7 Å². The first-order chi connectivity index (χ1) is 12.5. The van der Waals surface area contributed by atoms with Gasteiger partial charge in [0.1, 0.15) is 5.82 Å². The van der Waals surface area contributed by atoms with E-state index in [4.69, 9.17) is 0 Å². The maximum atomic E-state index is 13.6. The van der Waals surface area contributed by atoms with Crippen LogP contribution < -0.4 is 5.32 Å². The van der Waals surface area contributed by atoms with E-state index in [1.165, 1.54) is 18.5 Å². The number of benzene rings is 1. The molecule has 5 nitrogen and oxygen atoms in total. The summed E-state index contributed by atoms with van der Waals surface area (Å²) in [6.45, 7) is 3.71. The molecular formula is C20H22FN3O2. The van der Waals surface area contributed by atoms with E-state index < -0.39 is 0 Å². The van der Waals surface area contributed by atoms with Crippen LogP contribution in [0.25, 0.3) is 0 Å². The number of hydrogen-bond donors (Lipinski definition) is 1. The lowest BCUT2D eigenvalue weighted by Crippen LogP contribution is -2.38. The van der Waals surface area contributed by atoms with E-state index in [1.807, 2.05) is 0 Å². The summed E-state index contributed by atoms with van der Waals surface area (Å²) in [5.74, 6) is -0.224. The van der Waals surface area contributed by atoms with Crippen molar-refractivity contribution >= 4 is 11.8 Å². The quantitative estimate of drug-likeness (QED) is 0.917. The molecule has 2 aromatic rings. The summed E-state index contributed by atoms with van der Waals surface area (Å²) in [5.41, 5.74) is 1.10. The summed E-state index contributed by atoms with van der Waals surface area (Å²) in [4.78, 5) is 30.8. The number of rotatable bonds is 4. The van der Waals surface area contributed by atoms with Crippen molar-refractivity contribution in [2.75, 3.05) is 13.1 Å². The minimum atomic E-state index is -0.386. The predicted octanol–water partition coefficient (Wildman–Crippen LogP) is 3.02. The molecule has 26 heavy (non-hydrogen) atoms. The summed E-state index contributed by atoms with van der Waals surface area (Å²) in [6.07, 6.45) is 4.86. The highest BCUT2D eigenvalue weighted by Crippen LogP contribution is 2.18. The second-order valence-corrected chi connectivity index (χ2v) is 6.71. The van der Waals surface area contributed by atoms with Crippen molar-refractivity contribution in [1.29, 1.82) is 0 Å². The van der Waals surface area contributed by atoms with Crippen molar-refractivity contribution in [3.05, 3.63) is 65.2 Å². The van der Waals surface area contributed by atoms with Crippen LogP contribution >= 0.6 is 0 Å². The summed E-state index contributed by atoms with van der Waals surface area (Å²) in [7, 11) is 0. The lowest BCUT2D eigenvalue weighted by molar-refractivity contribution is 0.0697. The van der Waals surface area contributed by atoms with Crippen LogP contribution in [-0.4, -0.2) is 34.8 Å². The number of carbonyl (C=O) groups excluding carboxylic acids is 2. The average molecular weight is 355 g/mol. The van der Waals surface area contributed by atoms with Gasteiger partial charge in [-0.3, -0.25) is 14.6 Å². The molecule has 136 valence electrons. The van der Waals surface area contributed by atoms with Crippen LogP contribution in [0.2, 0.25) is 0 Å². The van der Waals surface area contributed by atoms with E-state index in [2.05, 4.69) is 17.2 Å². The van der Waals surface area contributed by atoms with Gasteiger partial charge in [0.15, 0.2) is 0 Å². The van der Waals surface area contributed by atoms with Crippen molar-refractivity contribution in [2.24, 2.45) is 5.92 Å². The zero-order valence-electron chi connectivity index (χ0n) is 14.7. The van der Waals surface area contributed by atoms with E-state index in [0.717, 1.165) is 25.9 Å². The van der Waals surface area contributed by atoms with Crippen molar-refractivity contribution in [2.45, 2.75) is 26.3 Å². The Morgan fingerprint density at radius 1 is 1.19 bits per heavy atom. The Balaban J connectivity index is 1.65. The van der Waals surface area contributed by atoms with Crippen LogP contribution in [0.15, 0.2) is 42.7 Å². The first kappa shape index (κ1) is 18.0. The third kappa shape index (κ3) is 4.25. The maximum Gasteiger partial charge on any atom is 0.255 e. The Hall–Kier alpha value is -2.76. The molecule has 6 heteroatoms. The molecule has 0 spiro atoms. The van der Waals surface area contributed by atoms with E-state index in [1.54, 1.807) is 29.2 Å². The predicted molar refractivity (Wildman–Crippen MR) is 96.1 cm³/mol. The van der Waals surface area contributed by atoms with Crippen molar-refractivity contribution < 1.29 is 14.0 Å². The molecule has 1 N–H and O–H groups in total. The normalized spacial score (nSPS) is 14.9. The van der Waals surface area contributed by atoms with Gasteiger partial charge in [0, 0.05) is 37.6 Å². The molecule has 2 amide bonds. The van der Waals surface area contributed by atoms with Crippen LogP contribution in [0.1, 0.15) is 46.0 Å². The number of pyridine rings is 1. The van der Waals surface area contributed by atoms with Gasteiger partial charge in [-0.2, -0.15) is 0 Å². The zero-order chi connectivity index (χ0) is 18.5. The van der Waals surface area contributed by atoms with Gasteiger partial charge >= 0.3 is 0 Å². The van der Waals surface area contributed by atoms with Crippen LogP contribution in [0.4, 0.5) is 4.39 Å². The minimum absolute atomic E-state index is 0.0771. The average Bonchev–Trinajstić information content (AvgIpc) is 2.67. The lowest BCUT2D eigenvalue weighted by atomic mass is 9.98. The molecule has 0 unspecified atom stereocenters. The Labute approximate surface area is 152 Å². The fourth-order valence-corrected chi connectivity index (χ4v) is 2.99. The molecule has 1 aliphatic heterocycles. The number of hydrogen-bond acceptors (Lipinski definition) is 3. The molecule has 0 aliphatic carbocycles. The van der Waals surface area contributed by atoms with E-state index in [-0.39, 0.29) is 29.7 Å². The molecular weight excluding hydrogens is 333 g/mol. The van der Waals surface area contributed by atoms with Gasteiger partial charge in [-0.05, 0) is 30.9 Å². The number of nitrogens with one attached hydrogen (secondary N) is 1. The number of amides is 2. The topological polar surface area (TPSA) is 62.3 Å². The van der Waals surface area contributed by atoms with Crippen LogP contribution in [0.5, 0.6) is 0 Å². The standard InChI is InChI=1S/C20H22FN3O2/c1-14-6-8-24(9-7-14)20(26)17-10-16(11-22-12-17)19(25)23-13-15-4-2-3-5-18(15)21/h2-5,10-12,14H,6-9,13H2,1H3,(H,23,25). The van der Waals surface area contributed by atoms with Crippen LogP contribution in [-0.2, 0) is 6.54 Å². The van der Waals surface area contributed by atoms with Gasteiger partial charge in [0.25, 0.3) is 11.8 Å². The van der Waals surface area contributed by atoms with Gasteiger partial charge in [-0.15, -0.1) is 0 Å². The molecule has 1 fully saturated rings. The Kier molecular flexibility index (Phi) is 5.61. The number of likely N-dealkylation sites (tertiary alicyclic amines) is 1. The highest BCUT2D eigenvalue weighted by atomic mass is 19.1. The molecule has 0 radical (unpaired) electrons. The molecule has 0 bridgehead atoms. The maximum absolute atomic E-state index is 13.6. The first-order valence-electron chi connectivity index (χ1n) is 8.80. The summed E-state index contributed by atoms with van der Waals surface area (Å²) in [5, 5.41) is 2.66. The van der Waals surface area contributed by atoms with Gasteiger partial charge in [-0.25, -0.2) is 4.39 Å². The largest absolute Gasteiger partial charge is 0.348 e. The SMILES string of the molecule is CC1CCN(C(=O)c2cncc(C(=O)NCc3ccccc3F)c2)CC1. The number of piperidine rings is 1. The van der Waals surface area contributed by atoms with Crippen LogP contribution in [0.3, 0.4) is 0 Å².